The number of carbonyl (C=O) groups excluding carboxylic acids is 1. The standard InChI is InChI=1S/C18H11Br2N3OS/c1-9-16-15(12-7-11(19)8-13(20)14(12)21-9)22-18(25-16)23-17(24)10-5-3-2-4-6-10/h2-8H,1H3,(H,22,23,24). The van der Waals surface area contributed by atoms with Crippen LogP contribution >= 0.6 is 43.2 Å². The maximum Gasteiger partial charge on any atom is 0.257 e. The monoisotopic (exact) mass is 475 g/mol. The molecule has 4 rings (SSSR count). The fourth-order valence-electron chi connectivity index (χ4n) is 2.64. The van der Waals surface area contributed by atoms with Crippen molar-refractivity contribution in [1.29, 1.82) is 0 Å². The molecule has 4 nitrogen and oxygen atoms in total. The second-order valence-electron chi connectivity index (χ2n) is 5.50. The number of nitrogens with one attached hydrogen (secondary N) is 1. The Hall–Kier alpha value is -1.83. The van der Waals surface area contributed by atoms with Crippen molar-refractivity contribution in [1.82, 2.24) is 9.97 Å². The molecule has 0 aliphatic carbocycles. The van der Waals surface area contributed by atoms with Crippen molar-refractivity contribution in [3.05, 3.63) is 62.7 Å². The molecule has 1 amide bonds. The van der Waals surface area contributed by atoms with E-state index in [-0.39, 0.29) is 5.91 Å². The summed E-state index contributed by atoms with van der Waals surface area (Å²) in [5.74, 6) is -0.170. The molecule has 0 fully saturated rings. The van der Waals surface area contributed by atoms with Crippen LogP contribution in [0.4, 0.5) is 5.13 Å². The van der Waals surface area contributed by atoms with Crippen LogP contribution in [-0.4, -0.2) is 15.9 Å². The van der Waals surface area contributed by atoms with Gasteiger partial charge in [-0.2, -0.15) is 0 Å². The molecule has 4 aromatic rings. The largest absolute Gasteiger partial charge is 0.298 e. The van der Waals surface area contributed by atoms with Crippen molar-refractivity contribution in [2.45, 2.75) is 6.92 Å². The van der Waals surface area contributed by atoms with Crippen molar-refractivity contribution in [3.8, 4) is 0 Å². The summed E-state index contributed by atoms with van der Waals surface area (Å²) in [6, 6.07) is 13.1. The zero-order chi connectivity index (χ0) is 17.6. The predicted octanol–water partition coefficient (Wildman–Crippen LogP) is 5.93. The van der Waals surface area contributed by atoms with Crippen LogP contribution in [0.5, 0.6) is 0 Å². The summed E-state index contributed by atoms with van der Waals surface area (Å²) in [7, 11) is 0. The number of rotatable bonds is 2. The number of aromatic nitrogens is 2. The SMILES string of the molecule is Cc1nc2c(Br)cc(Br)cc2c2nc(NC(=O)c3ccccc3)sc12. The highest BCUT2D eigenvalue weighted by atomic mass is 79.9. The first-order valence-corrected chi connectivity index (χ1v) is 9.85. The first-order valence-electron chi connectivity index (χ1n) is 7.45. The molecule has 0 aliphatic heterocycles. The quantitative estimate of drug-likeness (QED) is 0.390. The average Bonchev–Trinajstić information content (AvgIpc) is 3.01. The molecule has 1 N–H and O–H groups in total. The molecule has 124 valence electrons. The van der Waals surface area contributed by atoms with E-state index in [0.717, 1.165) is 35.8 Å². The average molecular weight is 477 g/mol. The summed E-state index contributed by atoms with van der Waals surface area (Å²) < 4.78 is 2.83. The van der Waals surface area contributed by atoms with E-state index in [1.807, 2.05) is 37.3 Å². The van der Waals surface area contributed by atoms with E-state index >= 15 is 0 Å². The number of pyridine rings is 1. The molecule has 25 heavy (non-hydrogen) atoms. The van der Waals surface area contributed by atoms with Gasteiger partial charge in [0.05, 0.1) is 21.4 Å². The normalized spacial score (nSPS) is 11.2. The van der Waals surface area contributed by atoms with E-state index < -0.39 is 0 Å². The van der Waals surface area contributed by atoms with Crippen LogP contribution in [0, 0.1) is 6.92 Å². The zero-order valence-electron chi connectivity index (χ0n) is 13.0. The summed E-state index contributed by atoms with van der Waals surface area (Å²) in [6.07, 6.45) is 0. The van der Waals surface area contributed by atoms with E-state index in [4.69, 9.17) is 0 Å². The van der Waals surface area contributed by atoms with E-state index in [2.05, 4.69) is 47.1 Å². The van der Waals surface area contributed by atoms with Crippen LogP contribution in [0.3, 0.4) is 0 Å². The number of carbonyl (C=O) groups is 1. The minimum atomic E-state index is -0.170. The maximum absolute atomic E-state index is 12.4. The van der Waals surface area contributed by atoms with Crippen LogP contribution in [0.2, 0.25) is 0 Å². The zero-order valence-corrected chi connectivity index (χ0v) is 17.0. The minimum Gasteiger partial charge on any atom is -0.298 e. The van der Waals surface area contributed by atoms with Gasteiger partial charge in [-0.1, -0.05) is 45.5 Å². The lowest BCUT2D eigenvalue weighted by atomic mass is 10.2. The van der Waals surface area contributed by atoms with Crippen LogP contribution in [-0.2, 0) is 0 Å². The molecule has 0 saturated heterocycles. The highest BCUT2D eigenvalue weighted by Crippen LogP contribution is 2.37. The summed E-state index contributed by atoms with van der Waals surface area (Å²) in [5, 5.41) is 4.40. The van der Waals surface area contributed by atoms with Crippen molar-refractivity contribution in [3.63, 3.8) is 0 Å². The smallest absolute Gasteiger partial charge is 0.257 e. The molecule has 0 atom stereocenters. The van der Waals surface area contributed by atoms with Gasteiger partial charge >= 0.3 is 0 Å². The number of hydrogen-bond donors (Lipinski definition) is 1. The summed E-state index contributed by atoms with van der Waals surface area (Å²) in [5.41, 5.74) is 3.20. The summed E-state index contributed by atoms with van der Waals surface area (Å²) in [4.78, 5) is 21.7. The Morgan fingerprint density at radius 2 is 1.84 bits per heavy atom. The Balaban J connectivity index is 1.83. The van der Waals surface area contributed by atoms with Gasteiger partial charge in [-0.15, -0.1) is 0 Å². The lowest BCUT2D eigenvalue weighted by molar-refractivity contribution is 0.102. The Morgan fingerprint density at radius 3 is 2.60 bits per heavy atom. The first kappa shape index (κ1) is 16.6. The Bertz CT molecular complexity index is 1130. The molecule has 7 heteroatoms. The van der Waals surface area contributed by atoms with Crippen molar-refractivity contribution in [2.75, 3.05) is 5.32 Å². The maximum atomic E-state index is 12.4. The number of hydrogen-bond acceptors (Lipinski definition) is 4. The topological polar surface area (TPSA) is 54.9 Å². The van der Waals surface area contributed by atoms with Gasteiger partial charge in [0.25, 0.3) is 5.91 Å². The van der Waals surface area contributed by atoms with Crippen molar-refractivity contribution >= 4 is 75.4 Å². The lowest BCUT2D eigenvalue weighted by Crippen LogP contribution is -2.11. The van der Waals surface area contributed by atoms with Crippen LogP contribution in [0.15, 0.2) is 51.4 Å². The number of halogens is 2. The van der Waals surface area contributed by atoms with E-state index in [1.54, 1.807) is 12.1 Å². The van der Waals surface area contributed by atoms with E-state index in [1.165, 1.54) is 11.3 Å². The number of anilines is 1. The number of thiazole rings is 1. The van der Waals surface area contributed by atoms with Gasteiger partial charge in [-0.05, 0) is 47.1 Å². The number of nitrogens with zero attached hydrogens (tertiary/aromatic N) is 2. The third-order valence-corrected chi connectivity index (χ3v) is 5.92. The highest BCUT2D eigenvalue weighted by Gasteiger charge is 2.16. The van der Waals surface area contributed by atoms with E-state index in [9.17, 15) is 4.79 Å². The number of aryl methyl sites for hydroxylation is 1. The van der Waals surface area contributed by atoms with Crippen molar-refractivity contribution in [2.24, 2.45) is 0 Å². The number of benzene rings is 2. The third-order valence-electron chi connectivity index (χ3n) is 3.78. The van der Waals surface area contributed by atoms with Gasteiger partial charge in [0.1, 0.15) is 0 Å². The van der Waals surface area contributed by atoms with E-state index in [0.29, 0.717) is 10.7 Å². The van der Waals surface area contributed by atoms with Gasteiger partial charge in [0.2, 0.25) is 0 Å². The molecule has 2 aromatic heterocycles. The van der Waals surface area contributed by atoms with Gasteiger partial charge in [0.15, 0.2) is 5.13 Å². The Labute approximate surface area is 164 Å². The van der Waals surface area contributed by atoms with Crippen LogP contribution in [0.25, 0.3) is 21.1 Å². The summed E-state index contributed by atoms with van der Waals surface area (Å²) in [6.45, 7) is 1.96. The fourth-order valence-corrected chi connectivity index (χ4v) is 4.87. The van der Waals surface area contributed by atoms with Crippen molar-refractivity contribution < 1.29 is 4.79 Å². The number of amides is 1. The molecule has 2 heterocycles. The Morgan fingerprint density at radius 1 is 1.08 bits per heavy atom. The molecule has 0 unspecified atom stereocenters. The van der Waals surface area contributed by atoms with Gasteiger partial charge in [-0.25, -0.2) is 4.98 Å². The highest BCUT2D eigenvalue weighted by molar-refractivity contribution is 9.11. The Kier molecular flexibility index (Phi) is 4.31. The molecule has 0 saturated carbocycles. The first-order chi connectivity index (χ1) is 12.0. The van der Waals surface area contributed by atoms with Gasteiger partial charge < -0.3 is 0 Å². The van der Waals surface area contributed by atoms with Gasteiger partial charge in [0, 0.05) is 19.9 Å². The molecule has 2 aromatic carbocycles. The lowest BCUT2D eigenvalue weighted by Gasteiger charge is -2.04. The van der Waals surface area contributed by atoms with Crippen LogP contribution in [0.1, 0.15) is 16.1 Å². The molecular weight excluding hydrogens is 466 g/mol. The molecule has 0 radical (unpaired) electrons. The minimum absolute atomic E-state index is 0.170. The molecular formula is C18H11Br2N3OS. The second kappa shape index (κ2) is 6.48. The summed E-state index contributed by atoms with van der Waals surface area (Å²) >= 11 is 8.51. The van der Waals surface area contributed by atoms with Gasteiger partial charge in [-0.3, -0.25) is 15.1 Å². The second-order valence-corrected chi connectivity index (χ2v) is 8.27. The predicted molar refractivity (Wildman–Crippen MR) is 109 cm³/mol. The number of fused-ring (bicyclic) bond motifs is 3. The molecule has 0 spiro atoms. The molecule has 0 aliphatic rings. The molecule has 0 bridgehead atoms. The fraction of sp³-hybridized carbons (Fsp3) is 0.0556. The van der Waals surface area contributed by atoms with Crippen LogP contribution < -0.4 is 5.32 Å². The third kappa shape index (κ3) is 3.07.